The van der Waals surface area contributed by atoms with Gasteiger partial charge in [-0.1, -0.05) is 0 Å². The van der Waals surface area contributed by atoms with Crippen LogP contribution in [0.15, 0.2) is 12.1 Å². The molecule has 0 saturated carbocycles. The van der Waals surface area contributed by atoms with Crippen molar-refractivity contribution in [3.8, 4) is 17.2 Å². The van der Waals surface area contributed by atoms with Crippen LogP contribution in [0.25, 0.3) is 0 Å². The van der Waals surface area contributed by atoms with Gasteiger partial charge >= 0.3 is 0 Å². The van der Waals surface area contributed by atoms with E-state index >= 15 is 0 Å². The fourth-order valence-electron chi connectivity index (χ4n) is 4.26. The normalized spacial score (nSPS) is 21.0. The Morgan fingerprint density at radius 1 is 0.963 bits per heavy atom. The zero-order valence-corrected chi connectivity index (χ0v) is 16.8. The maximum Gasteiger partial charge on any atom is 0.226 e. The van der Waals surface area contributed by atoms with Crippen molar-refractivity contribution < 1.29 is 19.0 Å². The highest BCUT2D eigenvalue weighted by molar-refractivity contribution is 5.79. The maximum atomic E-state index is 12.9. The molecule has 150 valence electrons. The van der Waals surface area contributed by atoms with Gasteiger partial charge in [0.1, 0.15) is 0 Å². The SMILES string of the molecule is COc1cc(CN2CCCC(C(=O)N3CCCCC3)C2)cc(OC)c1OC. The summed E-state index contributed by atoms with van der Waals surface area (Å²) in [6.45, 7) is 4.48. The van der Waals surface area contributed by atoms with Crippen LogP contribution in [0.5, 0.6) is 17.2 Å². The van der Waals surface area contributed by atoms with Gasteiger partial charge in [0.25, 0.3) is 0 Å². The van der Waals surface area contributed by atoms with Crippen molar-refractivity contribution in [1.29, 1.82) is 0 Å². The van der Waals surface area contributed by atoms with Gasteiger partial charge in [0, 0.05) is 26.2 Å². The fourth-order valence-corrected chi connectivity index (χ4v) is 4.26. The summed E-state index contributed by atoms with van der Waals surface area (Å²) < 4.78 is 16.3. The predicted octanol–water partition coefficient (Wildman–Crippen LogP) is 2.94. The van der Waals surface area contributed by atoms with Gasteiger partial charge in [0.2, 0.25) is 11.7 Å². The number of carbonyl (C=O) groups is 1. The van der Waals surface area contributed by atoms with Crippen LogP contribution in [0, 0.1) is 5.92 Å². The molecule has 2 aliphatic rings. The van der Waals surface area contributed by atoms with Crippen LogP contribution in [0.2, 0.25) is 0 Å². The van der Waals surface area contributed by atoms with E-state index in [2.05, 4.69) is 9.80 Å². The lowest BCUT2D eigenvalue weighted by molar-refractivity contribution is -0.138. The van der Waals surface area contributed by atoms with E-state index < -0.39 is 0 Å². The monoisotopic (exact) mass is 376 g/mol. The first-order chi connectivity index (χ1) is 13.2. The summed E-state index contributed by atoms with van der Waals surface area (Å²) >= 11 is 0. The average molecular weight is 376 g/mol. The number of amides is 1. The molecule has 0 aromatic heterocycles. The Morgan fingerprint density at radius 2 is 1.63 bits per heavy atom. The Hall–Kier alpha value is -1.95. The third-order valence-electron chi connectivity index (χ3n) is 5.65. The van der Waals surface area contributed by atoms with Crippen molar-refractivity contribution in [1.82, 2.24) is 9.80 Å². The quantitative estimate of drug-likeness (QED) is 0.764. The fraction of sp³-hybridized carbons (Fsp3) is 0.667. The molecule has 0 N–H and O–H groups in total. The highest BCUT2D eigenvalue weighted by Gasteiger charge is 2.30. The van der Waals surface area contributed by atoms with Crippen molar-refractivity contribution in [2.45, 2.75) is 38.6 Å². The number of nitrogens with zero attached hydrogens (tertiary/aromatic N) is 2. The van der Waals surface area contributed by atoms with Crippen LogP contribution in [0.3, 0.4) is 0 Å². The molecular formula is C21H32N2O4. The number of benzene rings is 1. The number of methoxy groups -OCH3 is 3. The van der Waals surface area contributed by atoms with Crippen molar-refractivity contribution in [3.63, 3.8) is 0 Å². The molecule has 0 bridgehead atoms. The topological polar surface area (TPSA) is 51.2 Å². The third kappa shape index (κ3) is 4.67. The van der Waals surface area contributed by atoms with Gasteiger partial charge in [0.15, 0.2) is 11.5 Å². The molecule has 2 aliphatic heterocycles. The molecule has 0 aliphatic carbocycles. The number of ether oxygens (including phenoxy) is 3. The number of piperidine rings is 2. The van der Waals surface area contributed by atoms with E-state index in [1.54, 1.807) is 21.3 Å². The Bertz CT molecular complexity index is 618. The van der Waals surface area contributed by atoms with Crippen LogP contribution < -0.4 is 14.2 Å². The van der Waals surface area contributed by atoms with E-state index in [0.29, 0.717) is 23.2 Å². The molecule has 27 heavy (non-hydrogen) atoms. The molecule has 1 aromatic rings. The molecular weight excluding hydrogens is 344 g/mol. The van der Waals surface area contributed by atoms with E-state index in [0.717, 1.165) is 64.0 Å². The smallest absolute Gasteiger partial charge is 0.226 e. The van der Waals surface area contributed by atoms with Crippen LogP contribution in [-0.2, 0) is 11.3 Å². The number of hydrogen-bond acceptors (Lipinski definition) is 5. The maximum absolute atomic E-state index is 12.9. The summed E-state index contributed by atoms with van der Waals surface area (Å²) in [5.74, 6) is 2.43. The number of likely N-dealkylation sites (tertiary alicyclic amines) is 2. The summed E-state index contributed by atoms with van der Waals surface area (Å²) in [6, 6.07) is 3.99. The van der Waals surface area contributed by atoms with E-state index in [4.69, 9.17) is 14.2 Å². The summed E-state index contributed by atoms with van der Waals surface area (Å²) in [4.78, 5) is 17.3. The molecule has 2 fully saturated rings. The van der Waals surface area contributed by atoms with Gasteiger partial charge in [-0.25, -0.2) is 0 Å². The summed E-state index contributed by atoms with van der Waals surface area (Å²) in [7, 11) is 4.88. The van der Waals surface area contributed by atoms with Crippen molar-refractivity contribution in [2.75, 3.05) is 47.5 Å². The third-order valence-corrected chi connectivity index (χ3v) is 5.65. The van der Waals surface area contributed by atoms with E-state index in [1.807, 2.05) is 12.1 Å². The Balaban J connectivity index is 1.67. The van der Waals surface area contributed by atoms with Gasteiger partial charge in [0.05, 0.1) is 27.2 Å². The van der Waals surface area contributed by atoms with Gasteiger partial charge in [-0.2, -0.15) is 0 Å². The number of hydrogen-bond donors (Lipinski definition) is 0. The largest absolute Gasteiger partial charge is 0.493 e. The zero-order chi connectivity index (χ0) is 19.2. The van der Waals surface area contributed by atoms with Gasteiger partial charge < -0.3 is 19.1 Å². The molecule has 3 rings (SSSR count). The second-order valence-electron chi connectivity index (χ2n) is 7.49. The van der Waals surface area contributed by atoms with Crippen LogP contribution in [-0.4, -0.2) is 63.2 Å². The zero-order valence-electron chi connectivity index (χ0n) is 16.8. The van der Waals surface area contributed by atoms with Gasteiger partial charge in [-0.15, -0.1) is 0 Å². The predicted molar refractivity (Wildman–Crippen MR) is 105 cm³/mol. The summed E-state index contributed by atoms with van der Waals surface area (Å²) in [5, 5.41) is 0. The van der Waals surface area contributed by atoms with Crippen molar-refractivity contribution in [2.24, 2.45) is 5.92 Å². The highest BCUT2D eigenvalue weighted by atomic mass is 16.5. The Morgan fingerprint density at radius 3 is 2.22 bits per heavy atom. The first-order valence-corrected chi connectivity index (χ1v) is 9.96. The minimum atomic E-state index is 0.124. The first kappa shape index (κ1) is 19.8. The van der Waals surface area contributed by atoms with Crippen LogP contribution >= 0.6 is 0 Å². The molecule has 1 aromatic carbocycles. The molecule has 6 heteroatoms. The van der Waals surface area contributed by atoms with E-state index in [9.17, 15) is 4.79 Å². The van der Waals surface area contributed by atoms with E-state index in [-0.39, 0.29) is 5.92 Å². The molecule has 1 unspecified atom stereocenters. The van der Waals surface area contributed by atoms with Crippen molar-refractivity contribution in [3.05, 3.63) is 17.7 Å². The number of rotatable bonds is 6. The van der Waals surface area contributed by atoms with Gasteiger partial charge in [-0.05, 0) is 56.3 Å². The second-order valence-corrected chi connectivity index (χ2v) is 7.49. The van der Waals surface area contributed by atoms with Crippen molar-refractivity contribution >= 4 is 5.91 Å². The Kier molecular flexibility index (Phi) is 6.83. The Labute approximate surface area is 162 Å². The molecule has 6 nitrogen and oxygen atoms in total. The molecule has 0 radical (unpaired) electrons. The van der Waals surface area contributed by atoms with Crippen LogP contribution in [0.1, 0.15) is 37.7 Å². The first-order valence-electron chi connectivity index (χ1n) is 9.96. The minimum absolute atomic E-state index is 0.124. The molecule has 1 atom stereocenters. The lowest BCUT2D eigenvalue weighted by Gasteiger charge is -2.36. The molecule has 2 saturated heterocycles. The lowest BCUT2D eigenvalue weighted by Crippen LogP contribution is -2.46. The molecule has 0 spiro atoms. The molecule has 1 amide bonds. The lowest BCUT2D eigenvalue weighted by atomic mass is 9.95. The second kappa shape index (κ2) is 9.31. The molecule has 2 heterocycles. The highest BCUT2D eigenvalue weighted by Crippen LogP contribution is 2.38. The van der Waals surface area contributed by atoms with Gasteiger partial charge in [-0.3, -0.25) is 9.69 Å². The average Bonchev–Trinajstić information content (AvgIpc) is 2.73. The summed E-state index contributed by atoms with van der Waals surface area (Å²) in [5.41, 5.74) is 1.11. The number of carbonyl (C=O) groups excluding carboxylic acids is 1. The van der Waals surface area contributed by atoms with E-state index in [1.165, 1.54) is 6.42 Å². The van der Waals surface area contributed by atoms with Crippen LogP contribution in [0.4, 0.5) is 0 Å². The standard InChI is InChI=1S/C21H32N2O4/c1-25-18-12-16(13-19(26-2)20(18)27-3)14-22-9-7-8-17(15-22)21(24)23-10-5-4-6-11-23/h12-13,17H,4-11,14-15H2,1-3H3. The minimum Gasteiger partial charge on any atom is -0.493 e. The summed E-state index contributed by atoms with van der Waals surface area (Å²) in [6.07, 6.45) is 5.61.